The molecule has 1 unspecified atom stereocenters. The summed E-state index contributed by atoms with van der Waals surface area (Å²) in [5.74, 6) is -0.681. The summed E-state index contributed by atoms with van der Waals surface area (Å²) in [5.41, 5.74) is 0.965. The largest absolute Gasteiger partial charge is 0.325 e. The van der Waals surface area contributed by atoms with Crippen molar-refractivity contribution in [2.45, 2.75) is 19.2 Å². The molecule has 76 valence electrons. The third-order valence-corrected chi connectivity index (χ3v) is 2.00. The van der Waals surface area contributed by atoms with Gasteiger partial charge in [0.05, 0.1) is 0 Å². The van der Waals surface area contributed by atoms with E-state index in [0.29, 0.717) is 11.3 Å². The van der Waals surface area contributed by atoms with Gasteiger partial charge in [-0.15, -0.1) is 11.6 Å². The van der Waals surface area contributed by atoms with E-state index >= 15 is 0 Å². The zero-order valence-electron chi connectivity index (χ0n) is 7.97. The number of aryl methyl sites for hydroxylation is 1. The molecule has 0 fully saturated rings. The molecule has 0 heterocycles. The van der Waals surface area contributed by atoms with E-state index in [0.717, 1.165) is 0 Å². The molecule has 1 aromatic rings. The van der Waals surface area contributed by atoms with Gasteiger partial charge in [-0.25, -0.2) is 4.39 Å². The predicted molar refractivity (Wildman–Crippen MR) is 55.1 cm³/mol. The molecule has 0 aliphatic rings. The Morgan fingerprint density at radius 3 is 2.71 bits per heavy atom. The topological polar surface area (TPSA) is 29.1 Å². The van der Waals surface area contributed by atoms with Crippen LogP contribution in [0.1, 0.15) is 12.5 Å². The monoisotopic (exact) mass is 215 g/mol. The van der Waals surface area contributed by atoms with Gasteiger partial charge < -0.3 is 5.32 Å². The third kappa shape index (κ3) is 2.70. The molecule has 14 heavy (non-hydrogen) atoms. The molecule has 4 heteroatoms. The van der Waals surface area contributed by atoms with Crippen LogP contribution in [0.25, 0.3) is 0 Å². The Morgan fingerprint density at radius 2 is 2.21 bits per heavy atom. The van der Waals surface area contributed by atoms with Gasteiger partial charge in [-0.05, 0) is 31.5 Å². The molecule has 1 aromatic carbocycles. The van der Waals surface area contributed by atoms with Crippen LogP contribution in [0.5, 0.6) is 0 Å². The second-order valence-corrected chi connectivity index (χ2v) is 3.72. The standard InChI is InChI=1S/C10H11ClFNO/c1-6-3-4-8(5-9(6)12)13-10(14)7(2)11/h3-5,7H,1-2H3,(H,13,14). The maximum atomic E-state index is 13.0. The molecule has 2 nitrogen and oxygen atoms in total. The molecule has 1 N–H and O–H groups in total. The number of rotatable bonds is 2. The van der Waals surface area contributed by atoms with Crippen molar-refractivity contribution >= 4 is 23.2 Å². The molecule has 0 saturated heterocycles. The van der Waals surface area contributed by atoms with Gasteiger partial charge in [0, 0.05) is 5.69 Å². The number of carbonyl (C=O) groups is 1. The molecule has 0 aromatic heterocycles. The highest BCUT2D eigenvalue weighted by atomic mass is 35.5. The zero-order valence-corrected chi connectivity index (χ0v) is 8.73. The fourth-order valence-electron chi connectivity index (χ4n) is 0.912. The summed E-state index contributed by atoms with van der Waals surface area (Å²) in [7, 11) is 0. The van der Waals surface area contributed by atoms with Crippen LogP contribution in [0, 0.1) is 12.7 Å². The molecule has 0 spiro atoms. The Bertz CT molecular complexity index is 352. The lowest BCUT2D eigenvalue weighted by Gasteiger charge is -2.07. The normalized spacial score (nSPS) is 12.3. The molecular formula is C10H11ClFNO. The van der Waals surface area contributed by atoms with Crippen LogP contribution in [0.4, 0.5) is 10.1 Å². The molecule has 0 radical (unpaired) electrons. The number of amides is 1. The number of hydrogen-bond donors (Lipinski definition) is 1. The van der Waals surface area contributed by atoms with Crippen LogP contribution in [0.15, 0.2) is 18.2 Å². The summed E-state index contributed by atoms with van der Waals surface area (Å²) in [5, 5.41) is 1.87. The molecule has 0 aliphatic heterocycles. The van der Waals surface area contributed by atoms with Gasteiger partial charge in [0.2, 0.25) is 5.91 Å². The van der Waals surface area contributed by atoms with Crippen molar-refractivity contribution < 1.29 is 9.18 Å². The van der Waals surface area contributed by atoms with Crippen molar-refractivity contribution in [1.29, 1.82) is 0 Å². The van der Waals surface area contributed by atoms with E-state index < -0.39 is 5.38 Å². The molecule has 0 bridgehead atoms. The summed E-state index contributed by atoms with van der Waals surface area (Å²) in [6.07, 6.45) is 0. The highest BCUT2D eigenvalue weighted by molar-refractivity contribution is 6.32. The third-order valence-electron chi connectivity index (χ3n) is 1.80. The van der Waals surface area contributed by atoms with Crippen molar-refractivity contribution in [1.82, 2.24) is 0 Å². The van der Waals surface area contributed by atoms with Crippen LogP contribution in [0.3, 0.4) is 0 Å². The second kappa shape index (κ2) is 4.42. The molecule has 0 aliphatic carbocycles. The summed E-state index contributed by atoms with van der Waals surface area (Å²) < 4.78 is 13.0. The van der Waals surface area contributed by atoms with Crippen molar-refractivity contribution in [2.24, 2.45) is 0 Å². The number of nitrogens with one attached hydrogen (secondary N) is 1. The van der Waals surface area contributed by atoms with Gasteiger partial charge in [0.1, 0.15) is 11.2 Å². The number of alkyl halides is 1. The van der Waals surface area contributed by atoms with E-state index in [9.17, 15) is 9.18 Å². The smallest absolute Gasteiger partial charge is 0.242 e. The first-order valence-corrected chi connectivity index (χ1v) is 4.65. The van der Waals surface area contributed by atoms with Crippen LogP contribution in [-0.2, 0) is 4.79 Å². The summed E-state index contributed by atoms with van der Waals surface area (Å²) in [6.45, 7) is 3.21. The molecule has 1 rings (SSSR count). The van der Waals surface area contributed by atoms with Gasteiger partial charge >= 0.3 is 0 Å². The van der Waals surface area contributed by atoms with E-state index in [1.807, 2.05) is 0 Å². The van der Waals surface area contributed by atoms with E-state index in [2.05, 4.69) is 5.32 Å². The summed E-state index contributed by atoms with van der Waals surface area (Å²) in [6, 6.07) is 4.51. The second-order valence-electron chi connectivity index (χ2n) is 3.07. The number of benzene rings is 1. The molecule has 1 amide bonds. The lowest BCUT2D eigenvalue weighted by molar-refractivity contribution is -0.115. The Morgan fingerprint density at radius 1 is 1.57 bits per heavy atom. The molecule has 1 atom stereocenters. The van der Waals surface area contributed by atoms with Crippen molar-refractivity contribution in [3.05, 3.63) is 29.6 Å². The first kappa shape index (κ1) is 11.0. The van der Waals surface area contributed by atoms with E-state index in [1.54, 1.807) is 26.0 Å². The maximum absolute atomic E-state index is 13.0. The average molecular weight is 216 g/mol. The lowest BCUT2D eigenvalue weighted by Crippen LogP contribution is -2.20. The van der Waals surface area contributed by atoms with Crippen LogP contribution >= 0.6 is 11.6 Å². The fraction of sp³-hybridized carbons (Fsp3) is 0.300. The zero-order chi connectivity index (χ0) is 10.7. The number of carbonyl (C=O) groups excluding carboxylic acids is 1. The lowest BCUT2D eigenvalue weighted by atomic mass is 10.2. The van der Waals surface area contributed by atoms with Gasteiger partial charge in [0.15, 0.2) is 0 Å². The Kier molecular flexibility index (Phi) is 3.47. The summed E-state index contributed by atoms with van der Waals surface area (Å²) >= 11 is 5.54. The Hall–Kier alpha value is -1.09. The highest BCUT2D eigenvalue weighted by Gasteiger charge is 2.09. The fourth-order valence-corrected chi connectivity index (χ4v) is 0.967. The summed E-state index contributed by atoms with van der Waals surface area (Å²) in [4.78, 5) is 11.1. The van der Waals surface area contributed by atoms with Gasteiger partial charge in [-0.3, -0.25) is 4.79 Å². The molecule has 0 saturated carbocycles. The van der Waals surface area contributed by atoms with E-state index in [4.69, 9.17) is 11.6 Å². The predicted octanol–water partition coefficient (Wildman–Crippen LogP) is 2.70. The van der Waals surface area contributed by atoms with Crippen LogP contribution < -0.4 is 5.32 Å². The van der Waals surface area contributed by atoms with Gasteiger partial charge in [-0.1, -0.05) is 6.07 Å². The first-order chi connectivity index (χ1) is 6.50. The van der Waals surface area contributed by atoms with Crippen molar-refractivity contribution in [3.8, 4) is 0 Å². The Balaban J connectivity index is 2.78. The quantitative estimate of drug-likeness (QED) is 0.756. The number of anilines is 1. The van der Waals surface area contributed by atoms with Gasteiger partial charge in [0.25, 0.3) is 0 Å². The first-order valence-electron chi connectivity index (χ1n) is 4.22. The van der Waals surface area contributed by atoms with E-state index in [1.165, 1.54) is 6.07 Å². The minimum atomic E-state index is -0.626. The van der Waals surface area contributed by atoms with Crippen LogP contribution in [0.2, 0.25) is 0 Å². The Labute approximate surface area is 87.1 Å². The average Bonchev–Trinajstić information content (AvgIpc) is 2.11. The van der Waals surface area contributed by atoms with Crippen LogP contribution in [-0.4, -0.2) is 11.3 Å². The highest BCUT2D eigenvalue weighted by Crippen LogP contribution is 2.14. The molecular weight excluding hydrogens is 205 g/mol. The minimum absolute atomic E-state index is 0.338. The van der Waals surface area contributed by atoms with Gasteiger partial charge in [-0.2, -0.15) is 0 Å². The number of halogens is 2. The maximum Gasteiger partial charge on any atom is 0.242 e. The number of hydrogen-bond acceptors (Lipinski definition) is 1. The minimum Gasteiger partial charge on any atom is -0.325 e. The van der Waals surface area contributed by atoms with E-state index in [-0.39, 0.29) is 11.7 Å². The SMILES string of the molecule is Cc1ccc(NC(=O)C(C)Cl)cc1F. The van der Waals surface area contributed by atoms with Crippen molar-refractivity contribution in [2.75, 3.05) is 5.32 Å². The van der Waals surface area contributed by atoms with Crippen molar-refractivity contribution in [3.63, 3.8) is 0 Å².